The zero-order valence-electron chi connectivity index (χ0n) is 22.3. The Labute approximate surface area is 235 Å². The number of ether oxygens (including phenoxy) is 1. The van der Waals surface area contributed by atoms with Crippen LogP contribution < -0.4 is 10.1 Å². The molecule has 0 aliphatic rings. The average Bonchev–Trinajstić information content (AvgIpc) is 2.92. The van der Waals surface area contributed by atoms with Gasteiger partial charge in [-0.2, -0.15) is 4.31 Å². The molecule has 3 aromatic rings. The van der Waals surface area contributed by atoms with E-state index in [1.54, 1.807) is 31.4 Å². The van der Waals surface area contributed by atoms with Crippen LogP contribution in [0.5, 0.6) is 5.75 Å². The van der Waals surface area contributed by atoms with Gasteiger partial charge in [0.15, 0.2) is 0 Å². The molecule has 0 radical (unpaired) electrons. The predicted octanol–water partition coefficient (Wildman–Crippen LogP) is 3.54. The van der Waals surface area contributed by atoms with E-state index in [-0.39, 0.29) is 18.9 Å². The molecule has 10 heteroatoms. The van der Waals surface area contributed by atoms with Gasteiger partial charge in [-0.1, -0.05) is 66.2 Å². The largest absolute Gasteiger partial charge is 0.497 e. The van der Waals surface area contributed by atoms with Gasteiger partial charge in [0, 0.05) is 31.6 Å². The van der Waals surface area contributed by atoms with Crippen LogP contribution in [0.25, 0.3) is 0 Å². The molecule has 0 saturated heterocycles. The first-order valence-corrected chi connectivity index (χ1v) is 14.7. The molecule has 3 rings (SSSR count). The lowest BCUT2D eigenvalue weighted by molar-refractivity contribution is -0.141. The Hall–Kier alpha value is -3.40. The van der Waals surface area contributed by atoms with Gasteiger partial charge in [-0.25, -0.2) is 8.42 Å². The van der Waals surface area contributed by atoms with Crippen LogP contribution in [0.2, 0.25) is 5.02 Å². The summed E-state index contributed by atoms with van der Waals surface area (Å²) >= 11 is 6.05. The fourth-order valence-corrected chi connectivity index (χ4v) is 4.45. The predicted molar refractivity (Wildman–Crippen MR) is 153 cm³/mol. The molecule has 0 bridgehead atoms. The third-order valence-corrected chi connectivity index (χ3v) is 7.85. The summed E-state index contributed by atoms with van der Waals surface area (Å²) in [5.41, 5.74) is 2.66. The highest BCUT2D eigenvalue weighted by atomic mass is 35.5. The molecule has 0 saturated carbocycles. The minimum Gasteiger partial charge on any atom is -0.497 e. The second-order valence-electron chi connectivity index (χ2n) is 9.26. The summed E-state index contributed by atoms with van der Waals surface area (Å²) in [5, 5.41) is 3.52. The Morgan fingerprint density at radius 3 is 2.13 bits per heavy atom. The number of sulfonamides is 1. The lowest BCUT2D eigenvalue weighted by Crippen LogP contribution is -2.53. The first-order valence-electron chi connectivity index (χ1n) is 12.5. The first-order chi connectivity index (χ1) is 18.6. The third kappa shape index (κ3) is 9.38. The number of nitrogens with zero attached hydrogens (tertiary/aromatic N) is 2. The highest BCUT2D eigenvalue weighted by molar-refractivity contribution is 7.88. The molecule has 0 fully saturated rings. The van der Waals surface area contributed by atoms with E-state index >= 15 is 0 Å². The number of halogens is 1. The van der Waals surface area contributed by atoms with Gasteiger partial charge < -0.3 is 15.0 Å². The van der Waals surface area contributed by atoms with Crippen LogP contribution in [0.15, 0.2) is 78.9 Å². The molecule has 0 unspecified atom stereocenters. The van der Waals surface area contributed by atoms with Crippen molar-refractivity contribution >= 4 is 33.4 Å². The van der Waals surface area contributed by atoms with Gasteiger partial charge in [0.25, 0.3) is 0 Å². The number of rotatable bonds is 13. The number of hydrogen-bond acceptors (Lipinski definition) is 5. The van der Waals surface area contributed by atoms with Crippen LogP contribution in [0.1, 0.15) is 16.7 Å². The minimum absolute atomic E-state index is 0.108. The fraction of sp³-hybridized carbons (Fsp3) is 0.310. The Balaban J connectivity index is 1.87. The minimum atomic E-state index is -3.61. The second kappa shape index (κ2) is 14.1. The fourth-order valence-electron chi connectivity index (χ4n) is 3.98. The van der Waals surface area contributed by atoms with Crippen molar-refractivity contribution in [3.8, 4) is 5.75 Å². The smallest absolute Gasteiger partial charge is 0.243 e. The number of hydrogen-bond donors (Lipinski definition) is 1. The van der Waals surface area contributed by atoms with Gasteiger partial charge >= 0.3 is 0 Å². The highest BCUT2D eigenvalue weighted by Gasteiger charge is 2.31. The average molecular weight is 572 g/mol. The normalized spacial score (nSPS) is 12.1. The summed E-state index contributed by atoms with van der Waals surface area (Å²) in [5.74, 6) is -0.0538. The summed E-state index contributed by atoms with van der Waals surface area (Å²) in [4.78, 5) is 28.6. The van der Waals surface area contributed by atoms with Gasteiger partial charge in [0.05, 0.1) is 19.9 Å². The first kappa shape index (κ1) is 30.1. The Bertz CT molecular complexity index is 1330. The quantitative estimate of drug-likeness (QED) is 0.338. The molecule has 0 heterocycles. The van der Waals surface area contributed by atoms with Crippen LogP contribution in [-0.4, -0.2) is 69.0 Å². The van der Waals surface area contributed by atoms with Crippen molar-refractivity contribution in [3.05, 3.63) is 101 Å². The number of nitrogens with one attached hydrogen (secondary N) is 1. The summed E-state index contributed by atoms with van der Waals surface area (Å²) in [7, 11) is -0.660. The van der Waals surface area contributed by atoms with Gasteiger partial charge in [-0.05, 0) is 47.4 Å². The van der Waals surface area contributed by atoms with Crippen LogP contribution in [0.4, 0.5) is 0 Å². The van der Waals surface area contributed by atoms with E-state index < -0.39 is 28.5 Å². The molecule has 0 spiro atoms. The van der Waals surface area contributed by atoms with Crippen molar-refractivity contribution in [2.24, 2.45) is 0 Å². The monoisotopic (exact) mass is 571 g/mol. The molecule has 0 aliphatic carbocycles. The molecule has 208 valence electrons. The number of methoxy groups -OCH3 is 1. The SMILES string of the molecule is COc1ccc(CCNC(=O)[C@@H](Cc2ccccc2)N(Cc2ccc(Cl)cc2)C(=O)CN(C)S(C)(=O)=O)cc1. The van der Waals surface area contributed by atoms with Crippen molar-refractivity contribution in [3.63, 3.8) is 0 Å². The third-order valence-electron chi connectivity index (χ3n) is 6.33. The van der Waals surface area contributed by atoms with Gasteiger partial charge in [0.2, 0.25) is 21.8 Å². The van der Waals surface area contributed by atoms with Crippen molar-refractivity contribution < 1.29 is 22.7 Å². The topological polar surface area (TPSA) is 96.0 Å². The van der Waals surface area contributed by atoms with Gasteiger partial charge in [0.1, 0.15) is 11.8 Å². The Morgan fingerprint density at radius 1 is 0.923 bits per heavy atom. The van der Waals surface area contributed by atoms with Crippen molar-refractivity contribution in [2.75, 3.05) is 33.5 Å². The van der Waals surface area contributed by atoms with Crippen LogP contribution in [-0.2, 0) is 39.0 Å². The molecule has 1 N–H and O–H groups in total. The van der Waals surface area contributed by atoms with E-state index in [1.807, 2.05) is 54.6 Å². The molecule has 8 nitrogen and oxygen atoms in total. The van der Waals surface area contributed by atoms with E-state index in [2.05, 4.69) is 5.32 Å². The van der Waals surface area contributed by atoms with E-state index in [0.29, 0.717) is 18.0 Å². The molecular weight excluding hydrogens is 538 g/mol. The molecular formula is C29H34ClN3O5S. The van der Waals surface area contributed by atoms with Crippen LogP contribution in [0, 0.1) is 0 Å². The zero-order valence-corrected chi connectivity index (χ0v) is 23.9. The lowest BCUT2D eigenvalue weighted by atomic mass is 10.0. The maximum absolute atomic E-state index is 13.6. The maximum atomic E-state index is 13.6. The van der Waals surface area contributed by atoms with Gasteiger partial charge in [-0.3, -0.25) is 9.59 Å². The maximum Gasteiger partial charge on any atom is 0.243 e. The van der Waals surface area contributed by atoms with Crippen LogP contribution in [0.3, 0.4) is 0 Å². The van der Waals surface area contributed by atoms with E-state index in [1.165, 1.54) is 11.9 Å². The van der Waals surface area contributed by atoms with E-state index in [0.717, 1.165) is 33.0 Å². The van der Waals surface area contributed by atoms with Crippen molar-refractivity contribution in [1.82, 2.24) is 14.5 Å². The molecule has 0 aliphatic heterocycles. The van der Waals surface area contributed by atoms with E-state index in [9.17, 15) is 18.0 Å². The molecule has 39 heavy (non-hydrogen) atoms. The summed E-state index contributed by atoms with van der Waals surface area (Å²) < 4.78 is 30.3. The lowest BCUT2D eigenvalue weighted by Gasteiger charge is -2.32. The van der Waals surface area contributed by atoms with E-state index in [4.69, 9.17) is 16.3 Å². The number of likely N-dealkylation sites (N-methyl/N-ethyl adjacent to an activating group) is 1. The number of carbonyl (C=O) groups excluding carboxylic acids is 2. The standard InChI is InChI=1S/C29H34ClN3O5S/c1-32(39(3,36)37)21-28(34)33(20-24-9-13-25(30)14-10-24)27(19-23-7-5-4-6-8-23)29(35)31-18-17-22-11-15-26(38-2)16-12-22/h4-16,27H,17-21H2,1-3H3,(H,31,35)/t27-/m1/s1. The summed E-state index contributed by atoms with van der Waals surface area (Å²) in [6.45, 7) is 0.0799. The van der Waals surface area contributed by atoms with Gasteiger partial charge in [-0.15, -0.1) is 0 Å². The number of carbonyl (C=O) groups is 2. The highest BCUT2D eigenvalue weighted by Crippen LogP contribution is 2.18. The molecule has 0 aromatic heterocycles. The second-order valence-corrected chi connectivity index (χ2v) is 11.8. The zero-order chi connectivity index (χ0) is 28.4. The molecule has 1 atom stereocenters. The summed E-state index contributed by atoms with van der Waals surface area (Å²) in [6, 6.07) is 23.1. The van der Waals surface area contributed by atoms with Crippen LogP contribution >= 0.6 is 11.6 Å². The van der Waals surface area contributed by atoms with Crippen molar-refractivity contribution in [2.45, 2.75) is 25.4 Å². The molecule has 2 amide bonds. The molecule has 3 aromatic carbocycles. The summed E-state index contributed by atoms with van der Waals surface area (Å²) in [6.07, 6.45) is 1.89. The number of benzene rings is 3. The Kier molecular flexibility index (Phi) is 10.9. The Morgan fingerprint density at radius 2 is 1.54 bits per heavy atom. The number of amides is 2. The van der Waals surface area contributed by atoms with Crippen molar-refractivity contribution in [1.29, 1.82) is 0 Å².